The number of nitrogens with zero attached hydrogens (tertiary/aromatic N) is 4. The van der Waals surface area contributed by atoms with Crippen LogP contribution in [0.4, 0.5) is 0 Å². The number of hydrogen-bond acceptors (Lipinski definition) is 7. The number of hydrogen-bond donors (Lipinski definition) is 1. The number of ether oxygens (including phenoxy) is 2. The van der Waals surface area contributed by atoms with Crippen LogP contribution in [-0.4, -0.2) is 58.9 Å². The topological polar surface area (TPSA) is 91.2 Å². The maximum Gasteiger partial charge on any atom is 0.233 e. The molecule has 18 heavy (non-hydrogen) atoms. The molecular weight excluding hydrogens is 258 g/mol. The zero-order valence-electron chi connectivity index (χ0n) is 10.8. The summed E-state index contributed by atoms with van der Waals surface area (Å²) in [5.41, 5.74) is 0. The number of aromatic nitrogens is 4. The molecule has 0 bridgehead atoms. The highest BCUT2D eigenvalue weighted by Gasteiger charge is 2.19. The first kappa shape index (κ1) is 14.9. The van der Waals surface area contributed by atoms with Crippen LogP contribution in [0.2, 0.25) is 0 Å². The monoisotopic (exact) mass is 275 g/mol. The van der Waals surface area contributed by atoms with E-state index in [2.05, 4.69) is 20.8 Å². The first-order valence-electron chi connectivity index (χ1n) is 5.32. The lowest BCUT2D eigenvalue weighted by atomic mass is 10.4. The second-order valence-electron chi connectivity index (χ2n) is 3.42. The van der Waals surface area contributed by atoms with Gasteiger partial charge in [0.15, 0.2) is 6.29 Å². The van der Waals surface area contributed by atoms with Crippen LogP contribution in [0.25, 0.3) is 0 Å². The Morgan fingerprint density at radius 3 is 2.72 bits per heavy atom. The second-order valence-corrected chi connectivity index (χ2v) is 4.73. The molecule has 1 N–H and O–H groups in total. The van der Waals surface area contributed by atoms with Gasteiger partial charge in [-0.15, -0.1) is 5.10 Å². The zero-order chi connectivity index (χ0) is 13.5. The number of carbonyl (C=O) groups is 1. The lowest BCUT2D eigenvalue weighted by Crippen LogP contribution is -2.28. The number of rotatable bonds is 7. The van der Waals surface area contributed by atoms with E-state index in [-0.39, 0.29) is 11.2 Å². The van der Waals surface area contributed by atoms with Crippen LogP contribution >= 0.6 is 11.8 Å². The quantitative estimate of drug-likeness (QED) is 0.530. The number of tetrazole rings is 1. The summed E-state index contributed by atoms with van der Waals surface area (Å²) in [6, 6.07) is 0. The summed E-state index contributed by atoms with van der Waals surface area (Å²) >= 11 is 1.28. The van der Waals surface area contributed by atoms with Gasteiger partial charge < -0.3 is 14.8 Å². The molecule has 1 unspecified atom stereocenters. The van der Waals surface area contributed by atoms with Crippen LogP contribution in [-0.2, 0) is 20.8 Å². The van der Waals surface area contributed by atoms with Gasteiger partial charge in [-0.05, 0) is 17.4 Å². The molecule has 0 aromatic carbocycles. The van der Waals surface area contributed by atoms with Crippen molar-refractivity contribution in [3.05, 3.63) is 0 Å². The fraction of sp³-hybridized carbons (Fsp3) is 0.778. The molecule has 0 aliphatic carbocycles. The van der Waals surface area contributed by atoms with Crippen LogP contribution < -0.4 is 5.32 Å². The molecule has 0 spiro atoms. The van der Waals surface area contributed by atoms with E-state index in [4.69, 9.17) is 9.47 Å². The smallest absolute Gasteiger partial charge is 0.233 e. The predicted octanol–water partition coefficient (Wildman–Crippen LogP) is -0.481. The molecule has 8 nitrogen and oxygen atoms in total. The Morgan fingerprint density at radius 1 is 1.50 bits per heavy atom. The molecule has 9 heteroatoms. The molecule has 0 aliphatic rings. The average Bonchev–Trinajstić information content (AvgIpc) is 2.81. The number of thioether (sulfide) groups is 1. The molecule has 0 aliphatic heterocycles. The predicted molar refractivity (Wildman–Crippen MR) is 65.0 cm³/mol. The Balaban J connectivity index is 2.67. The van der Waals surface area contributed by atoms with Gasteiger partial charge in [-0.2, -0.15) is 0 Å². The van der Waals surface area contributed by atoms with E-state index in [1.54, 1.807) is 32.9 Å². The van der Waals surface area contributed by atoms with Crippen molar-refractivity contribution in [2.75, 3.05) is 21.3 Å². The van der Waals surface area contributed by atoms with E-state index in [0.29, 0.717) is 11.7 Å². The highest BCUT2D eigenvalue weighted by atomic mass is 32.2. The summed E-state index contributed by atoms with van der Waals surface area (Å²) < 4.78 is 11.7. The van der Waals surface area contributed by atoms with E-state index in [1.807, 2.05) is 0 Å². The van der Waals surface area contributed by atoms with Gasteiger partial charge in [-0.3, -0.25) is 4.79 Å². The van der Waals surface area contributed by atoms with Crippen molar-refractivity contribution in [2.24, 2.45) is 0 Å². The summed E-state index contributed by atoms with van der Waals surface area (Å²) in [6.07, 6.45) is -0.428. The number of amides is 1. The van der Waals surface area contributed by atoms with Crippen LogP contribution in [0, 0.1) is 0 Å². The van der Waals surface area contributed by atoms with Crippen molar-refractivity contribution in [2.45, 2.75) is 30.2 Å². The molecule has 0 radical (unpaired) electrons. The molecule has 1 heterocycles. The molecular formula is C9H17N5O3S. The van der Waals surface area contributed by atoms with Gasteiger partial charge in [-0.25, -0.2) is 4.68 Å². The summed E-state index contributed by atoms with van der Waals surface area (Å²) in [5.74, 6) is -0.0791. The van der Waals surface area contributed by atoms with Gasteiger partial charge in [0.05, 0.1) is 11.8 Å². The summed E-state index contributed by atoms with van der Waals surface area (Å²) in [4.78, 5) is 11.4. The molecule has 1 amide bonds. The Kier molecular flexibility index (Phi) is 6.02. The molecule has 1 atom stereocenters. The van der Waals surface area contributed by atoms with E-state index in [9.17, 15) is 4.79 Å². The third-order valence-corrected chi connectivity index (χ3v) is 3.32. The van der Waals surface area contributed by atoms with Gasteiger partial charge >= 0.3 is 0 Å². The Bertz CT molecular complexity index is 382. The van der Waals surface area contributed by atoms with Crippen LogP contribution in [0.1, 0.15) is 6.92 Å². The van der Waals surface area contributed by atoms with Crippen molar-refractivity contribution < 1.29 is 14.3 Å². The van der Waals surface area contributed by atoms with Crippen molar-refractivity contribution >= 4 is 17.7 Å². The van der Waals surface area contributed by atoms with Gasteiger partial charge in [0, 0.05) is 21.3 Å². The van der Waals surface area contributed by atoms with Crippen LogP contribution in [0.3, 0.4) is 0 Å². The lowest BCUT2D eigenvalue weighted by Gasteiger charge is -2.14. The molecule has 1 rings (SSSR count). The number of methoxy groups -OCH3 is 2. The average molecular weight is 275 g/mol. The van der Waals surface area contributed by atoms with Crippen molar-refractivity contribution in [3.8, 4) is 0 Å². The summed E-state index contributed by atoms with van der Waals surface area (Å²) in [6.45, 7) is 2.15. The highest BCUT2D eigenvalue weighted by molar-refractivity contribution is 8.00. The number of carbonyl (C=O) groups excluding carboxylic acids is 1. The van der Waals surface area contributed by atoms with Crippen LogP contribution in [0.15, 0.2) is 5.16 Å². The minimum Gasteiger partial charge on any atom is -0.358 e. The molecule has 1 aromatic rings. The van der Waals surface area contributed by atoms with Crippen molar-refractivity contribution in [3.63, 3.8) is 0 Å². The van der Waals surface area contributed by atoms with E-state index in [1.165, 1.54) is 11.8 Å². The SMILES string of the molecule is CNC(=O)C(C)Sc1nnnn1CC(OC)OC. The van der Waals surface area contributed by atoms with Gasteiger partial charge in [-0.1, -0.05) is 11.8 Å². The fourth-order valence-corrected chi connectivity index (χ4v) is 2.05. The first-order valence-corrected chi connectivity index (χ1v) is 6.20. The summed E-state index contributed by atoms with van der Waals surface area (Å²) in [7, 11) is 4.67. The maximum atomic E-state index is 11.4. The van der Waals surface area contributed by atoms with E-state index >= 15 is 0 Å². The second kappa shape index (κ2) is 7.29. The molecule has 1 aromatic heterocycles. The highest BCUT2D eigenvalue weighted by Crippen LogP contribution is 2.20. The third kappa shape index (κ3) is 3.93. The van der Waals surface area contributed by atoms with Gasteiger partial charge in [0.25, 0.3) is 0 Å². The Hall–Kier alpha value is -1.19. The molecule has 102 valence electrons. The maximum absolute atomic E-state index is 11.4. The summed E-state index contributed by atoms with van der Waals surface area (Å²) in [5, 5.41) is 14.1. The lowest BCUT2D eigenvalue weighted by molar-refractivity contribution is -0.119. The Morgan fingerprint density at radius 2 is 2.17 bits per heavy atom. The van der Waals surface area contributed by atoms with Gasteiger partial charge in [0.2, 0.25) is 11.1 Å². The largest absolute Gasteiger partial charge is 0.358 e. The fourth-order valence-electron chi connectivity index (χ4n) is 1.20. The molecule has 0 fully saturated rings. The minimum absolute atomic E-state index is 0.0791. The van der Waals surface area contributed by atoms with Crippen molar-refractivity contribution in [1.29, 1.82) is 0 Å². The molecule has 0 saturated carbocycles. The van der Waals surface area contributed by atoms with E-state index in [0.717, 1.165) is 0 Å². The van der Waals surface area contributed by atoms with Gasteiger partial charge in [0.1, 0.15) is 0 Å². The number of nitrogens with one attached hydrogen (secondary N) is 1. The standard InChI is InChI=1S/C9H17N5O3S/c1-6(8(15)10-2)18-9-11-12-13-14(9)5-7(16-3)17-4/h6-7H,5H2,1-4H3,(H,10,15). The zero-order valence-corrected chi connectivity index (χ0v) is 11.6. The Labute approximate surface area is 109 Å². The third-order valence-electron chi connectivity index (χ3n) is 2.24. The normalized spacial score (nSPS) is 12.7. The van der Waals surface area contributed by atoms with Crippen LogP contribution in [0.5, 0.6) is 0 Å². The minimum atomic E-state index is -0.428. The first-order chi connectivity index (χ1) is 8.62. The molecule has 0 saturated heterocycles. The van der Waals surface area contributed by atoms with Crippen molar-refractivity contribution in [1.82, 2.24) is 25.5 Å². The van der Waals surface area contributed by atoms with E-state index < -0.39 is 6.29 Å².